The van der Waals surface area contributed by atoms with Crippen molar-refractivity contribution in [2.75, 3.05) is 0 Å². The van der Waals surface area contributed by atoms with Crippen LogP contribution in [0, 0.1) is 0 Å². The monoisotopic (exact) mass is 330 g/mol. The maximum atomic E-state index is 10.3. The molecule has 2 aromatic carbocycles. The molecule has 21 heavy (non-hydrogen) atoms. The Hall–Kier alpha value is -1.95. The molecule has 0 fully saturated rings. The normalized spacial score (nSPS) is 9.67. The Kier molecular flexibility index (Phi) is 6.30. The summed E-state index contributed by atoms with van der Waals surface area (Å²) in [5.74, 6) is -1.45. The van der Waals surface area contributed by atoms with Gasteiger partial charge in [0.2, 0.25) is 0 Å². The lowest BCUT2D eigenvalue weighted by Crippen LogP contribution is -1.95. The quantitative estimate of drug-likeness (QED) is 0.677. The van der Waals surface area contributed by atoms with Crippen molar-refractivity contribution < 1.29 is 25.2 Å². The van der Waals surface area contributed by atoms with Crippen molar-refractivity contribution in [3.8, 4) is 11.5 Å². The maximum absolute atomic E-state index is 10.3. The van der Waals surface area contributed by atoms with E-state index in [4.69, 9.17) is 43.6 Å². The van der Waals surface area contributed by atoms with Crippen LogP contribution in [0.5, 0.6) is 11.5 Å². The van der Waals surface area contributed by atoms with Gasteiger partial charge in [-0.15, -0.1) is 0 Å². The molecule has 0 spiro atoms. The third-order valence-corrected chi connectivity index (χ3v) is 2.88. The fourth-order valence-corrected chi connectivity index (χ4v) is 1.69. The number of aliphatic hydroxyl groups is 1. The second-order valence-electron chi connectivity index (χ2n) is 3.90. The first-order valence-electron chi connectivity index (χ1n) is 5.65. The number of aromatic hydroxyl groups is 2. The molecule has 0 aromatic heterocycles. The summed E-state index contributed by atoms with van der Waals surface area (Å²) in [5, 5.41) is 35.9. The van der Waals surface area contributed by atoms with E-state index in [1.54, 1.807) is 12.1 Å². The molecule has 0 bridgehead atoms. The van der Waals surface area contributed by atoms with E-state index in [-0.39, 0.29) is 23.7 Å². The molecule has 112 valence electrons. The zero-order valence-corrected chi connectivity index (χ0v) is 12.1. The molecule has 0 amide bonds. The minimum absolute atomic E-state index is 0.0370. The number of aliphatic hydroxyl groups excluding tert-OH is 1. The second kappa shape index (κ2) is 7.73. The summed E-state index contributed by atoms with van der Waals surface area (Å²) < 4.78 is 0. The van der Waals surface area contributed by atoms with Crippen molar-refractivity contribution in [1.82, 2.24) is 0 Å². The number of carbonyl (C=O) groups is 1. The minimum atomic E-state index is -1.17. The van der Waals surface area contributed by atoms with Crippen LogP contribution in [0.4, 0.5) is 0 Å². The van der Waals surface area contributed by atoms with Crippen molar-refractivity contribution in [3.63, 3.8) is 0 Å². The van der Waals surface area contributed by atoms with Crippen molar-refractivity contribution in [3.05, 3.63) is 57.6 Å². The number of rotatable bonds is 2. The van der Waals surface area contributed by atoms with E-state index in [1.807, 2.05) is 0 Å². The zero-order chi connectivity index (χ0) is 16.0. The number of hydrogen-bond acceptors (Lipinski definition) is 4. The van der Waals surface area contributed by atoms with Gasteiger partial charge in [0.05, 0.1) is 6.61 Å². The van der Waals surface area contributed by atoms with Gasteiger partial charge in [-0.1, -0.05) is 29.3 Å². The minimum Gasteiger partial charge on any atom is -0.508 e. The topological polar surface area (TPSA) is 98.0 Å². The van der Waals surface area contributed by atoms with E-state index in [0.29, 0.717) is 15.6 Å². The SMILES string of the molecule is O=C(O)c1ccc(Cl)cc1O.OCc1ccc(Cl)cc1O. The highest BCUT2D eigenvalue weighted by molar-refractivity contribution is 6.31. The number of halogens is 2. The van der Waals surface area contributed by atoms with Gasteiger partial charge in [0.25, 0.3) is 0 Å². The van der Waals surface area contributed by atoms with Gasteiger partial charge >= 0.3 is 5.97 Å². The maximum Gasteiger partial charge on any atom is 0.339 e. The number of aromatic carboxylic acids is 1. The number of carboxylic acids is 1. The Balaban J connectivity index is 0.000000211. The number of phenols is 2. The molecule has 0 unspecified atom stereocenters. The van der Waals surface area contributed by atoms with E-state index in [2.05, 4.69) is 0 Å². The summed E-state index contributed by atoms with van der Waals surface area (Å²) in [7, 11) is 0. The highest BCUT2D eigenvalue weighted by Crippen LogP contribution is 2.22. The van der Waals surface area contributed by atoms with Gasteiger partial charge in [0.1, 0.15) is 17.1 Å². The molecule has 0 aliphatic rings. The summed E-state index contributed by atoms with van der Waals surface area (Å²) in [6, 6.07) is 8.44. The Morgan fingerprint density at radius 1 is 0.952 bits per heavy atom. The molecule has 4 N–H and O–H groups in total. The van der Waals surface area contributed by atoms with Gasteiger partial charge < -0.3 is 20.4 Å². The molecule has 0 atom stereocenters. The van der Waals surface area contributed by atoms with Crippen molar-refractivity contribution in [2.24, 2.45) is 0 Å². The number of hydrogen-bond donors (Lipinski definition) is 4. The fourth-order valence-electron chi connectivity index (χ4n) is 1.36. The van der Waals surface area contributed by atoms with Crippen molar-refractivity contribution >= 4 is 29.2 Å². The van der Waals surface area contributed by atoms with Crippen LogP contribution in [0.2, 0.25) is 10.0 Å². The molecule has 0 aliphatic carbocycles. The van der Waals surface area contributed by atoms with Gasteiger partial charge in [-0.25, -0.2) is 4.79 Å². The molecule has 0 saturated carbocycles. The van der Waals surface area contributed by atoms with Gasteiger partial charge in [-0.3, -0.25) is 0 Å². The standard InChI is InChI=1S/C7H5ClO3.C7H7ClO2/c8-4-1-2-5(7(10)11)6(9)3-4;8-6-2-1-5(4-9)7(10)3-6/h1-3,9H,(H,10,11);1-3,9-10H,4H2. The zero-order valence-electron chi connectivity index (χ0n) is 10.6. The highest BCUT2D eigenvalue weighted by Gasteiger charge is 2.08. The van der Waals surface area contributed by atoms with E-state index in [0.717, 1.165) is 0 Å². The first-order valence-corrected chi connectivity index (χ1v) is 6.40. The van der Waals surface area contributed by atoms with Crippen molar-refractivity contribution in [1.29, 1.82) is 0 Å². The van der Waals surface area contributed by atoms with Crippen molar-refractivity contribution in [2.45, 2.75) is 6.61 Å². The average Bonchev–Trinajstić information content (AvgIpc) is 2.39. The summed E-state index contributed by atoms with van der Waals surface area (Å²) >= 11 is 11.0. The van der Waals surface area contributed by atoms with E-state index < -0.39 is 5.97 Å². The lowest BCUT2D eigenvalue weighted by molar-refractivity contribution is 0.0693. The molecule has 2 aromatic rings. The first-order chi connectivity index (χ1) is 9.85. The third kappa shape index (κ3) is 5.15. The van der Waals surface area contributed by atoms with E-state index in [1.165, 1.54) is 24.3 Å². The van der Waals surface area contributed by atoms with Gasteiger partial charge in [-0.05, 0) is 30.3 Å². The van der Waals surface area contributed by atoms with Crippen LogP contribution in [0.25, 0.3) is 0 Å². The Labute approximate surface area is 130 Å². The van der Waals surface area contributed by atoms with Crippen LogP contribution in [-0.2, 0) is 6.61 Å². The molecule has 7 heteroatoms. The molecule has 5 nitrogen and oxygen atoms in total. The fraction of sp³-hybridized carbons (Fsp3) is 0.0714. The van der Waals surface area contributed by atoms with Crippen LogP contribution in [0.15, 0.2) is 36.4 Å². The predicted octanol–water partition coefficient (Wildman–Crippen LogP) is 3.28. The molecular formula is C14H12Cl2O5. The van der Waals surface area contributed by atoms with Crippen LogP contribution < -0.4 is 0 Å². The predicted molar refractivity (Wildman–Crippen MR) is 79.1 cm³/mol. The van der Waals surface area contributed by atoms with Gasteiger partial charge in [-0.2, -0.15) is 0 Å². The number of benzene rings is 2. The largest absolute Gasteiger partial charge is 0.508 e. The van der Waals surface area contributed by atoms with Crippen LogP contribution >= 0.6 is 23.2 Å². The van der Waals surface area contributed by atoms with Crippen LogP contribution in [0.1, 0.15) is 15.9 Å². The van der Waals surface area contributed by atoms with E-state index >= 15 is 0 Å². The lowest BCUT2D eigenvalue weighted by atomic mass is 10.2. The molecule has 2 rings (SSSR count). The lowest BCUT2D eigenvalue weighted by Gasteiger charge is -1.98. The molecule has 0 aliphatic heterocycles. The smallest absolute Gasteiger partial charge is 0.339 e. The molecule has 0 heterocycles. The van der Waals surface area contributed by atoms with E-state index in [9.17, 15) is 4.79 Å². The Morgan fingerprint density at radius 2 is 1.48 bits per heavy atom. The van der Waals surface area contributed by atoms with Crippen LogP contribution in [0.3, 0.4) is 0 Å². The third-order valence-electron chi connectivity index (χ3n) is 2.41. The van der Waals surface area contributed by atoms with Crippen LogP contribution in [-0.4, -0.2) is 26.4 Å². The molecule has 0 saturated heterocycles. The average molecular weight is 331 g/mol. The first kappa shape index (κ1) is 17.1. The summed E-state index contributed by atoms with van der Waals surface area (Å²) in [6.07, 6.45) is 0. The summed E-state index contributed by atoms with van der Waals surface area (Å²) in [4.78, 5) is 10.3. The Bertz CT molecular complexity index is 643. The van der Waals surface area contributed by atoms with Gasteiger partial charge in [0.15, 0.2) is 0 Å². The number of carboxylic acid groups (broad SMARTS) is 1. The summed E-state index contributed by atoms with van der Waals surface area (Å²) in [6.45, 7) is -0.164. The highest BCUT2D eigenvalue weighted by atomic mass is 35.5. The Morgan fingerprint density at radius 3 is 1.90 bits per heavy atom. The van der Waals surface area contributed by atoms with Gasteiger partial charge in [0, 0.05) is 15.6 Å². The molecule has 0 radical (unpaired) electrons. The summed E-state index contributed by atoms with van der Waals surface area (Å²) in [5.41, 5.74) is 0.346. The second-order valence-corrected chi connectivity index (χ2v) is 4.77. The molecular weight excluding hydrogens is 319 g/mol.